The number of hydrogen-bond donors (Lipinski definition) is 2. The van der Waals surface area contributed by atoms with Crippen molar-refractivity contribution in [2.45, 2.75) is 34.6 Å². The van der Waals surface area contributed by atoms with Gasteiger partial charge in [-0.1, -0.05) is 0 Å². The Labute approximate surface area is 159 Å². The molecular formula is C20H26N2O5. The van der Waals surface area contributed by atoms with Crippen LogP contribution in [0.3, 0.4) is 0 Å². The average molecular weight is 374 g/mol. The smallest absolute Gasteiger partial charge is 0.340 e. The van der Waals surface area contributed by atoms with E-state index in [-0.39, 0.29) is 12.5 Å². The molecule has 0 saturated carbocycles. The highest BCUT2D eigenvalue weighted by Gasteiger charge is 2.23. The number of nitrogens with one attached hydrogen (secondary N) is 2. The Balaban J connectivity index is 2.26. The lowest BCUT2D eigenvalue weighted by Crippen LogP contribution is -2.14. The summed E-state index contributed by atoms with van der Waals surface area (Å²) in [6.07, 6.45) is 0. The Morgan fingerprint density at radius 2 is 1.67 bits per heavy atom. The molecule has 27 heavy (non-hydrogen) atoms. The predicted octanol–water partition coefficient (Wildman–Crippen LogP) is 3.86. The van der Waals surface area contributed by atoms with Crippen LogP contribution in [-0.4, -0.2) is 36.7 Å². The predicted molar refractivity (Wildman–Crippen MR) is 103 cm³/mol. The SMILES string of the molecule is CCOC(=O)c1c(C)[nH]c(C(=O)Nc2ccc(OCC)c(OCC)c2)c1C. The van der Waals surface area contributed by atoms with Crippen molar-refractivity contribution in [2.24, 2.45) is 0 Å². The second kappa shape index (κ2) is 9.12. The van der Waals surface area contributed by atoms with Crippen molar-refractivity contribution in [3.63, 3.8) is 0 Å². The first-order valence-corrected chi connectivity index (χ1v) is 9.00. The van der Waals surface area contributed by atoms with E-state index in [2.05, 4.69) is 10.3 Å². The molecule has 0 fully saturated rings. The van der Waals surface area contributed by atoms with Crippen molar-refractivity contribution < 1.29 is 23.8 Å². The zero-order valence-corrected chi connectivity index (χ0v) is 16.4. The average Bonchev–Trinajstić information content (AvgIpc) is 2.92. The summed E-state index contributed by atoms with van der Waals surface area (Å²) in [5.41, 5.74) is 2.43. The van der Waals surface area contributed by atoms with Gasteiger partial charge in [0.25, 0.3) is 5.91 Å². The Bertz CT molecular complexity index is 826. The number of aromatic amines is 1. The first-order valence-electron chi connectivity index (χ1n) is 9.00. The number of anilines is 1. The zero-order chi connectivity index (χ0) is 20.0. The van der Waals surface area contributed by atoms with Crippen LogP contribution in [0.2, 0.25) is 0 Å². The molecule has 0 saturated heterocycles. The lowest BCUT2D eigenvalue weighted by molar-refractivity contribution is 0.0525. The summed E-state index contributed by atoms with van der Waals surface area (Å²) in [5, 5.41) is 2.82. The summed E-state index contributed by atoms with van der Waals surface area (Å²) >= 11 is 0. The Hall–Kier alpha value is -2.96. The van der Waals surface area contributed by atoms with Gasteiger partial charge in [-0.25, -0.2) is 4.79 Å². The molecule has 0 radical (unpaired) electrons. The van der Waals surface area contributed by atoms with Gasteiger partial charge in [-0.2, -0.15) is 0 Å². The Kier molecular flexibility index (Phi) is 6.87. The van der Waals surface area contributed by atoms with Gasteiger partial charge >= 0.3 is 5.97 Å². The molecule has 0 aliphatic carbocycles. The largest absolute Gasteiger partial charge is 0.490 e. The van der Waals surface area contributed by atoms with Gasteiger partial charge in [0.15, 0.2) is 11.5 Å². The fraction of sp³-hybridized carbons (Fsp3) is 0.400. The van der Waals surface area contributed by atoms with Gasteiger partial charge < -0.3 is 24.5 Å². The second-order valence-corrected chi connectivity index (χ2v) is 5.83. The number of aromatic nitrogens is 1. The fourth-order valence-corrected chi connectivity index (χ4v) is 2.81. The summed E-state index contributed by atoms with van der Waals surface area (Å²) in [4.78, 5) is 27.8. The van der Waals surface area contributed by atoms with Crippen LogP contribution in [0.25, 0.3) is 0 Å². The molecule has 0 bridgehead atoms. The number of carbonyl (C=O) groups excluding carboxylic acids is 2. The zero-order valence-electron chi connectivity index (χ0n) is 16.4. The van der Waals surface area contributed by atoms with Crippen molar-refractivity contribution in [2.75, 3.05) is 25.1 Å². The highest BCUT2D eigenvalue weighted by molar-refractivity contribution is 6.07. The number of carbonyl (C=O) groups is 2. The normalized spacial score (nSPS) is 10.4. The minimum atomic E-state index is -0.442. The number of benzene rings is 1. The maximum absolute atomic E-state index is 12.7. The van der Waals surface area contributed by atoms with E-state index < -0.39 is 5.97 Å². The third-order valence-corrected chi connectivity index (χ3v) is 3.95. The molecule has 0 aliphatic heterocycles. The summed E-state index contributed by atoms with van der Waals surface area (Å²) in [6, 6.07) is 5.20. The van der Waals surface area contributed by atoms with Crippen LogP contribution in [0.5, 0.6) is 11.5 Å². The monoisotopic (exact) mass is 374 g/mol. The standard InChI is InChI=1S/C20H26N2O5/c1-6-25-15-10-9-14(11-16(15)26-7-2)22-19(23)18-12(4)17(13(5)21-18)20(24)27-8-3/h9-11,21H,6-8H2,1-5H3,(H,22,23). The van der Waals surface area contributed by atoms with E-state index in [0.29, 0.717) is 52.9 Å². The van der Waals surface area contributed by atoms with E-state index in [9.17, 15) is 9.59 Å². The minimum absolute atomic E-state index is 0.275. The maximum atomic E-state index is 12.7. The van der Waals surface area contributed by atoms with Gasteiger partial charge in [0, 0.05) is 17.4 Å². The van der Waals surface area contributed by atoms with Crippen molar-refractivity contribution in [1.82, 2.24) is 4.98 Å². The van der Waals surface area contributed by atoms with E-state index in [0.717, 1.165) is 0 Å². The highest BCUT2D eigenvalue weighted by atomic mass is 16.5. The molecule has 0 atom stereocenters. The minimum Gasteiger partial charge on any atom is -0.490 e. The maximum Gasteiger partial charge on any atom is 0.340 e. The molecule has 2 N–H and O–H groups in total. The van der Waals surface area contributed by atoms with Crippen molar-refractivity contribution in [3.05, 3.63) is 40.7 Å². The van der Waals surface area contributed by atoms with Crippen LogP contribution in [-0.2, 0) is 4.74 Å². The molecule has 1 heterocycles. The molecule has 146 valence electrons. The number of hydrogen-bond acceptors (Lipinski definition) is 5. The molecule has 0 spiro atoms. The Morgan fingerprint density at radius 3 is 2.30 bits per heavy atom. The van der Waals surface area contributed by atoms with Gasteiger partial charge in [0.2, 0.25) is 0 Å². The van der Waals surface area contributed by atoms with Gasteiger partial charge in [-0.3, -0.25) is 4.79 Å². The van der Waals surface area contributed by atoms with E-state index in [4.69, 9.17) is 14.2 Å². The fourth-order valence-electron chi connectivity index (χ4n) is 2.81. The van der Waals surface area contributed by atoms with Gasteiger partial charge in [0.05, 0.1) is 25.4 Å². The number of aryl methyl sites for hydroxylation is 1. The second-order valence-electron chi connectivity index (χ2n) is 5.83. The molecule has 0 aliphatic rings. The van der Waals surface area contributed by atoms with Crippen molar-refractivity contribution in [1.29, 1.82) is 0 Å². The highest BCUT2D eigenvalue weighted by Crippen LogP contribution is 2.31. The van der Waals surface area contributed by atoms with Crippen LogP contribution in [0.4, 0.5) is 5.69 Å². The van der Waals surface area contributed by atoms with E-state index in [1.54, 1.807) is 39.0 Å². The summed E-state index contributed by atoms with van der Waals surface area (Å²) in [5.74, 6) is 0.387. The first-order chi connectivity index (χ1) is 12.9. The lowest BCUT2D eigenvalue weighted by atomic mass is 10.1. The van der Waals surface area contributed by atoms with Gasteiger partial charge in [0.1, 0.15) is 5.69 Å². The number of esters is 1. The molecule has 2 aromatic rings. The van der Waals surface area contributed by atoms with Crippen molar-refractivity contribution >= 4 is 17.6 Å². The molecule has 7 heteroatoms. The molecule has 1 aromatic heterocycles. The van der Waals surface area contributed by atoms with E-state index >= 15 is 0 Å². The first kappa shape index (κ1) is 20.4. The quantitative estimate of drug-likeness (QED) is 0.685. The summed E-state index contributed by atoms with van der Waals surface area (Å²) in [6.45, 7) is 10.2. The molecule has 7 nitrogen and oxygen atoms in total. The molecule has 0 unspecified atom stereocenters. The number of ether oxygens (including phenoxy) is 3. The molecular weight excluding hydrogens is 348 g/mol. The molecule has 2 rings (SSSR count). The van der Waals surface area contributed by atoms with Crippen LogP contribution >= 0.6 is 0 Å². The van der Waals surface area contributed by atoms with Crippen molar-refractivity contribution in [3.8, 4) is 11.5 Å². The van der Waals surface area contributed by atoms with Gasteiger partial charge in [-0.05, 0) is 52.3 Å². The van der Waals surface area contributed by atoms with E-state index in [1.807, 2.05) is 13.8 Å². The molecule has 1 amide bonds. The van der Waals surface area contributed by atoms with Crippen LogP contribution < -0.4 is 14.8 Å². The lowest BCUT2D eigenvalue weighted by Gasteiger charge is -2.13. The van der Waals surface area contributed by atoms with Crippen LogP contribution in [0.1, 0.15) is 52.9 Å². The van der Waals surface area contributed by atoms with Gasteiger partial charge in [-0.15, -0.1) is 0 Å². The van der Waals surface area contributed by atoms with Crippen LogP contribution in [0.15, 0.2) is 18.2 Å². The third-order valence-electron chi connectivity index (χ3n) is 3.95. The molecule has 1 aromatic carbocycles. The number of amides is 1. The third kappa shape index (κ3) is 4.61. The van der Waals surface area contributed by atoms with Crippen LogP contribution in [0, 0.1) is 13.8 Å². The number of H-pyrrole nitrogens is 1. The topological polar surface area (TPSA) is 89.7 Å². The van der Waals surface area contributed by atoms with E-state index in [1.165, 1.54) is 0 Å². The Morgan fingerprint density at radius 1 is 1.00 bits per heavy atom. The number of rotatable bonds is 8. The summed E-state index contributed by atoms with van der Waals surface area (Å²) < 4.78 is 16.2. The summed E-state index contributed by atoms with van der Waals surface area (Å²) in [7, 11) is 0.